The average Bonchev–Trinajstić information content (AvgIpc) is 2.47. The molecule has 0 spiro atoms. The summed E-state index contributed by atoms with van der Waals surface area (Å²) in [5, 5.41) is 64.1. The highest BCUT2D eigenvalue weighted by molar-refractivity contribution is 5.97. The third-order valence-corrected chi connectivity index (χ3v) is 4.48. The lowest BCUT2D eigenvalue weighted by Gasteiger charge is -2.48. The highest BCUT2D eigenvalue weighted by atomic mass is 16.7. The Hall–Kier alpha value is -2.09. The van der Waals surface area contributed by atoms with Gasteiger partial charge in [-0.3, -0.25) is 4.79 Å². The van der Waals surface area contributed by atoms with Crippen LogP contribution in [-0.2, 0) is 0 Å². The van der Waals surface area contributed by atoms with E-state index in [0.717, 1.165) is 0 Å². The number of nitrogens with zero attached hydrogens (tertiary/aromatic N) is 2. The maximum absolute atomic E-state index is 11.7. The predicted molar refractivity (Wildman–Crippen MR) is 96.7 cm³/mol. The van der Waals surface area contributed by atoms with Gasteiger partial charge in [0.1, 0.15) is 5.82 Å². The first-order valence-corrected chi connectivity index (χ1v) is 8.61. The zero-order valence-electron chi connectivity index (χ0n) is 15.8. The number of aliphatic hydroxyl groups is 6. The molecular formula is C16H27N5O7. The Morgan fingerprint density at radius 2 is 1.86 bits per heavy atom. The summed E-state index contributed by atoms with van der Waals surface area (Å²) in [5.74, 6) is -7.35. The van der Waals surface area contributed by atoms with Gasteiger partial charge < -0.3 is 47.0 Å². The van der Waals surface area contributed by atoms with Gasteiger partial charge in [0.25, 0.3) is 5.91 Å². The van der Waals surface area contributed by atoms with Gasteiger partial charge in [0.2, 0.25) is 11.7 Å². The second-order valence-corrected chi connectivity index (χ2v) is 8.09. The Morgan fingerprint density at radius 3 is 2.32 bits per heavy atom. The van der Waals surface area contributed by atoms with Crippen molar-refractivity contribution in [3.05, 3.63) is 11.8 Å². The van der Waals surface area contributed by atoms with Crippen LogP contribution in [0.5, 0.6) is 0 Å². The van der Waals surface area contributed by atoms with Crippen LogP contribution in [0.4, 0.5) is 11.8 Å². The van der Waals surface area contributed by atoms with E-state index in [0.29, 0.717) is 0 Å². The zero-order valence-corrected chi connectivity index (χ0v) is 15.8. The first-order valence-electron chi connectivity index (χ1n) is 8.61. The number of aromatic nitrogens is 2. The minimum Gasteiger partial charge on any atom is -0.377 e. The molecule has 1 aliphatic carbocycles. The maximum atomic E-state index is 11.7. The lowest BCUT2D eigenvalue weighted by molar-refractivity contribution is -0.456. The number of primary amides is 1. The summed E-state index contributed by atoms with van der Waals surface area (Å²) >= 11 is 0. The monoisotopic (exact) mass is 401 g/mol. The molecule has 158 valence electrons. The Labute approximate surface area is 161 Å². The summed E-state index contributed by atoms with van der Waals surface area (Å²) in [7, 11) is 0. The van der Waals surface area contributed by atoms with Crippen LogP contribution in [0.1, 0.15) is 50.4 Å². The van der Waals surface area contributed by atoms with Gasteiger partial charge >= 0.3 is 5.97 Å². The molecule has 0 radical (unpaired) electrons. The van der Waals surface area contributed by atoms with E-state index in [4.69, 9.17) is 5.73 Å². The number of nitrogens with two attached hydrogens (primary N) is 1. The number of amides is 1. The second kappa shape index (κ2) is 7.06. The minimum atomic E-state index is -3.72. The molecule has 1 aromatic heterocycles. The molecule has 1 fully saturated rings. The summed E-state index contributed by atoms with van der Waals surface area (Å²) in [4.78, 5) is 19.9. The molecule has 1 aromatic rings. The number of carbonyl (C=O) groups excluding carboxylic acids is 1. The Bertz CT molecular complexity index is 744. The second-order valence-electron chi connectivity index (χ2n) is 8.09. The van der Waals surface area contributed by atoms with Crippen molar-refractivity contribution in [2.45, 2.75) is 69.0 Å². The van der Waals surface area contributed by atoms with Crippen molar-refractivity contribution in [2.24, 2.45) is 5.73 Å². The van der Waals surface area contributed by atoms with Crippen molar-refractivity contribution in [3.8, 4) is 0 Å². The molecule has 12 nitrogen and oxygen atoms in total. The molecule has 0 saturated heterocycles. The van der Waals surface area contributed by atoms with E-state index in [2.05, 4.69) is 20.6 Å². The standard InChI is InChI=1S/C16H27N5O7/c1-13(2,3)21-12-18-7-9(10(17)22)11(20-12)19-8-4-5-14(23,16(26,27)28)15(24,25)6-8/h7-8,23-28H,4-6H2,1-3H3,(H2,17,22)(H2,18,19,20,21). The largest absolute Gasteiger partial charge is 0.377 e. The van der Waals surface area contributed by atoms with Crippen LogP contribution in [-0.4, -0.2) is 75.5 Å². The van der Waals surface area contributed by atoms with Gasteiger partial charge in [-0.2, -0.15) is 4.98 Å². The van der Waals surface area contributed by atoms with Crippen LogP contribution in [0.2, 0.25) is 0 Å². The van der Waals surface area contributed by atoms with Crippen molar-refractivity contribution in [3.63, 3.8) is 0 Å². The minimum absolute atomic E-state index is 0.0208. The fraction of sp³-hybridized carbons (Fsp3) is 0.688. The lowest BCUT2D eigenvalue weighted by atomic mass is 9.75. The van der Waals surface area contributed by atoms with E-state index in [1.807, 2.05) is 20.8 Å². The maximum Gasteiger partial charge on any atom is 0.311 e. The number of rotatable bonds is 5. The summed E-state index contributed by atoms with van der Waals surface area (Å²) in [6.07, 6.45) is 0.00566. The van der Waals surface area contributed by atoms with Gasteiger partial charge in [-0.25, -0.2) is 4.98 Å². The molecule has 0 bridgehead atoms. The first-order chi connectivity index (χ1) is 12.6. The molecule has 1 saturated carbocycles. The topological polar surface area (TPSA) is 214 Å². The Kier molecular flexibility index (Phi) is 5.60. The van der Waals surface area contributed by atoms with Crippen LogP contribution in [0.15, 0.2) is 6.20 Å². The first kappa shape index (κ1) is 22.2. The Balaban J connectivity index is 2.28. The van der Waals surface area contributed by atoms with Crippen LogP contribution in [0.25, 0.3) is 0 Å². The fourth-order valence-corrected chi connectivity index (χ4v) is 3.02. The third kappa shape index (κ3) is 4.48. The van der Waals surface area contributed by atoms with E-state index in [9.17, 15) is 35.4 Å². The Morgan fingerprint density at radius 1 is 1.25 bits per heavy atom. The van der Waals surface area contributed by atoms with Crippen LogP contribution >= 0.6 is 0 Å². The molecule has 1 heterocycles. The number of nitrogens with one attached hydrogen (secondary N) is 2. The highest BCUT2D eigenvalue weighted by Crippen LogP contribution is 2.41. The number of hydrogen-bond donors (Lipinski definition) is 9. The van der Waals surface area contributed by atoms with Gasteiger partial charge in [-0.05, 0) is 33.6 Å². The quantitative estimate of drug-likeness (QED) is 0.241. The summed E-state index contributed by atoms with van der Waals surface area (Å²) in [5.41, 5.74) is 1.93. The highest BCUT2D eigenvalue weighted by Gasteiger charge is 2.64. The van der Waals surface area contributed by atoms with Crippen molar-refractivity contribution in [2.75, 3.05) is 10.6 Å². The molecule has 0 aliphatic heterocycles. The molecule has 0 aromatic carbocycles. The van der Waals surface area contributed by atoms with E-state index in [-0.39, 0.29) is 29.3 Å². The third-order valence-electron chi connectivity index (χ3n) is 4.48. The van der Waals surface area contributed by atoms with E-state index in [1.165, 1.54) is 6.20 Å². The van der Waals surface area contributed by atoms with Gasteiger partial charge in [-0.1, -0.05) is 0 Å². The zero-order chi connectivity index (χ0) is 21.5. The lowest BCUT2D eigenvalue weighted by Crippen LogP contribution is -2.71. The van der Waals surface area contributed by atoms with E-state index < -0.39 is 42.2 Å². The van der Waals surface area contributed by atoms with Crippen molar-refractivity contribution < 1.29 is 35.4 Å². The molecule has 1 amide bonds. The van der Waals surface area contributed by atoms with Crippen LogP contribution in [0.3, 0.4) is 0 Å². The number of anilines is 2. The number of carbonyl (C=O) groups is 1. The van der Waals surface area contributed by atoms with Crippen molar-refractivity contribution in [1.29, 1.82) is 0 Å². The summed E-state index contributed by atoms with van der Waals surface area (Å²) < 4.78 is 0. The smallest absolute Gasteiger partial charge is 0.311 e. The predicted octanol–water partition coefficient (Wildman–Crippen LogP) is -2.21. The van der Waals surface area contributed by atoms with Gasteiger partial charge in [0.15, 0.2) is 5.60 Å². The molecule has 2 unspecified atom stereocenters. The van der Waals surface area contributed by atoms with Gasteiger partial charge in [-0.15, -0.1) is 0 Å². The number of hydrogen-bond acceptors (Lipinski definition) is 11. The summed E-state index contributed by atoms with van der Waals surface area (Å²) in [6, 6.07) is -0.756. The van der Waals surface area contributed by atoms with E-state index in [1.54, 1.807) is 0 Å². The molecule has 28 heavy (non-hydrogen) atoms. The molecule has 2 rings (SSSR count). The SMILES string of the molecule is CC(C)(C)Nc1ncc(C(N)=O)c(NC2CCC(O)(C(O)(O)O)C(O)(O)C2)n1. The fourth-order valence-electron chi connectivity index (χ4n) is 3.02. The molecule has 1 aliphatic rings. The van der Waals surface area contributed by atoms with Crippen molar-refractivity contribution >= 4 is 17.7 Å². The molecular weight excluding hydrogens is 374 g/mol. The van der Waals surface area contributed by atoms with Crippen molar-refractivity contribution in [1.82, 2.24) is 9.97 Å². The normalized spacial score (nSPS) is 25.2. The van der Waals surface area contributed by atoms with Gasteiger partial charge in [0.05, 0.1) is 5.56 Å². The molecule has 12 heteroatoms. The molecule has 10 N–H and O–H groups in total. The average molecular weight is 401 g/mol. The van der Waals surface area contributed by atoms with Crippen LogP contribution < -0.4 is 16.4 Å². The molecule has 2 atom stereocenters. The van der Waals surface area contributed by atoms with Gasteiger partial charge in [0, 0.05) is 24.2 Å². The summed E-state index contributed by atoms with van der Waals surface area (Å²) in [6.45, 7) is 5.64. The van der Waals surface area contributed by atoms with E-state index >= 15 is 0 Å². The van der Waals surface area contributed by atoms with Crippen LogP contribution in [0, 0.1) is 0 Å².